The minimum Gasteiger partial charge on any atom is -0.368 e. The maximum Gasteiger partial charge on any atom is 0.220 e. The number of benzene rings is 1. The van der Waals surface area contributed by atoms with E-state index in [-0.39, 0.29) is 18.4 Å². The fraction of sp³-hybridized carbons (Fsp3) is 0.208. The summed E-state index contributed by atoms with van der Waals surface area (Å²) in [6.07, 6.45) is 6.86. The van der Waals surface area contributed by atoms with Crippen LogP contribution in [0.5, 0.6) is 0 Å². The summed E-state index contributed by atoms with van der Waals surface area (Å²) in [4.78, 5) is 21.1. The first kappa shape index (κ1) is 22.6. The summed E-state index contributed by atoms with van der Waals surface area (Å²) in [6, 6.07) is 7.95. The van der Waals surface area contributed by atoms with E-state index in [2.05, 4.69) is 25.0 Å². The van der Waals surface area contributed by atoms with Gasteiger partial charge >= 0.3 is 0 Å². The topological polar surface area (TPSA) is 130 Å². The Morgan fingerprint density at radius 2 is 2.03 bits per heavy atom. The number of H-pyrrole nitrogens is 1. The molecular formula is C24H23FN8O2. The lowest BCUT2D eigenvalue weighted by molar-refractivity contribution is -0.127. The smallest absolute Gasteiger partial charge is 0.220 e. The highest BCUT2D eigenvalue weighted by molar-refractivity contribution is 5.90. The van der Waals surface area contributed by atoms with Crippen LogP contribution < -0.4 is 5.73 Å². The third-order valence-electron chi connectivity index (χ3n) is 5.42. The number of methoxy groups -OCH3 is 1. The number of nitrogens with zero attached hydrogens (tertiary/aromatic N) is 6. The minimum absolute atomic E-state index is 0.136. The van der Waals surface area contributed by atoms with Crippen molar-refractivity contribution in [2.75, 3.05) is 19.5 Å². The van der Waals surface area contributed by atoms with Crippen molar-refractivity contribution in [1.29, 1.82) is 0 Å². The highest BCUT2D eigenvalue weighted by Gasteiger charge is 2.16. The van der Waals surface area contributed by atoms with Gasteiger partial charge in [0.15, 0.2) is 11.9 Å². The monoisotopic (exact) mass is 474 g/mol. The highest BCUT2D eigenvalue weighted by atomic mass is 19.1. The van der Waals surface area contributed by atoms with Crippen LogP contribution in [-0.4, -0.2) is 48.4 Å². The van der Waals surface area contributed by atoms with E-state index in [1.165, 1.54) is 19.2 Å². The van der Waals surface area contributed by atoms with Gasteiger partial charge in [-0.3, -0.25) is 4.68 Å². The highest BCUT2D eigenvalue weighted by Crippen LogP contribution is 2.28. The standard InChI is InChI=1S/C24H23FN8O2/c1-33-13-15(10-29-33)20-12-28-22-21(31-20)18(11-27-22)19-9-17(30-24(26)32-19)6-7-35-23(34-2)14-4-3-5-16(25)8-14/h3-5,8-13,23H,6-7H2,1-2H3,(H,27,28)(H2,26,30,32). The predicted molar refractivity (Wildman–Crippen MR) is 127 cm³/mol. The maximum atomic E-state index is 13.5. The Labute approximate surface area is 200 Å². The number of ether oxygens (including phenoxy) is 2. The molecule has 0 aliphatic rings. The Hall–Kier alpha value is -4.22. The molecule has 178 valence electrons. The van der Waals surface area contributed by atoms with Crippen molar-refractivity contribution < 1.29 is 13.9 Å². The first-order chi connectivity index (χ1) is 17.0. The zero-order chi connectivity index (χ0) is 24.4. The van der Waals surface area contributed by atoms with E-state index in [1.54, 1.807) is 35.4 Å². The van der Waals surface area contributed by atoms with Crippen molar-refractivity contribution >= 4 is 17.1 Å². The normalized spacial score (nSPS) is 12.3. The maximum absolute atomic E-state index is 13.5. The van der Waals surface area contributed by atoms with Crippen molar-refractivity contribution in [3.05, 3.63) is 72.2 Å². The largest absolute Gasteiger partial charge is 0.368 e. The molecule has 0 bridgehead atoms. The third kappa shape index (κ3) is 4.86. The molecule has 0 saturated carbocycles. The van der Waals surface area contributed by atoms with Gasteiger partial charge in [0.1, 0.15) is 11.3 Å². The van der Waals surface area contributed by atoms with Crippen LogP contribution in [0, 0.1) is 5.82 Å². The number of halogens is 1. The van der Waals surface area contributed by atoms with Crippen LogP contribution in [0.15, 0.2) is 55.1 Å². The van der Waals surface area contributed by atoms with E-state index < -0.39 is 6.29 Å². The first-order valence-electron chi connectivity index (χ1n) is 10.9. The van der Waals surface area contributed by atoms with Gasteiger partial charge in [-0.15, -0.1) is 0 Å². The van der Waals surface area contributed by atoms with Crippen molar-refractivity contribution in [3.8, 4) is 22.5 Å². The van der Waals surface area contributed by atoms with Crippen LogP contribution in [0.1, 0.15) is 17.5 Å². The Balaban J connectivity index is 1.37. The molecule has 0 amide bonds. The summed E-state index contributed by atoms with van der Waals surface area (Å²) < 4.78 is 26.4. The van der Waals surface area contributed by atoms with Crippen molar-refractivity contribution in [2.24, 2.45) is 7.05 Å². The Kier molecular flexibility index (Phi) is 6.17. The molecule has 0 saturated heterocycles. The van der Waals surface area contributed by atoms with Crippen LogP contribution >= 0.6 is 0 Å². The van der Waals surface area contributed by atoms with Crippen molar-refractivity contribution in [1.82, 2.24) is 34.7 Å². The lowest BCUT2D eigenvalue weighted by atomic mass is 10.1. The van der Waals surface area contributed by atoms with Crippen LogP contribution in [0.3, 0.4) is 0 Å². The van der Waals surface area contributed by atoms with Gasteiger partial charge in [-0.25, -0.2) is 24.3 Å². The van der Waals surface area contributed by atoms with E-state index >= 15 is 0 Å². The lowest BCUT2D eigenvalue weighted by Crippen LogP contribution is -2.11. The molecule has 0 fully saturated rings. The average molecular weight is 475 g/mol. The molecule has 0 aliphatic heterocycles. The molecule has 10 nitrogen and oxygen atoms in total. The van der Waals surface area contributed by atoms with Gasteiger partial charge in [-0.1, -0.05) is 12.1 Å². The zero-order valence-electron chi connectivity index (χ0n) is 19.1. The molecule has 35 heavy (non-hydrogen) atoms. The van der Waals surface area contributed by atoms with Gasteiger partial charge < -0.3 is 20.2 Å². The fourth-order valence-electron chi connectivity index (χ4n) is 3.79. The zero-order valence-corrected chi connectivity index (χ0v) is 19.1. The molecule has 1 unspecified atom stereocenters. The van der Waals surface area contributed by atoms with Gasteiger partial charge in [0.25, 0.3) is 0 Å². The molecule has 1 atom stereocenters. The number of fused-ring (bicyclic) bond motifs is 1. The Morgan fingerprint density at radius 3 is 2.80 bits per heavy atom. The molecule has 0 spiro atoms. The van der Waals surface area contributed by atoms with Crippen molar-refractivity contribution in [2.45, 2.75) is 12.7 Å². The second-order valence-corrected chi connectivity index (χ2v) is 7.90. The summed E-state index contributed by atoms with van der Waals surface area (Å²) >= 11 is 0. The van der Waals surface area contributed by atoms with E-state index in [0.29, 0.717) is 40.2 Å². The van der Waals surface area contributed by atoms with E-state index in [4.69, 9.17) is 20.2 Å². The number of nitrogens with two attached hydrogens (primary N) is 1. The van der Waals surface area contributed by atoms with Gasteiger partial charge in [-0.2, -0.15) is 5.10 Å². The molecule has 5 aromatic rings. The van der Waals surface area contributed by atoms with E-state index in [1.807, 2.05) is 19.3 Å². The SMILES string of the molecule is COC(OCCc1cc(-c2c[nH]c3ncc(-c4cnn(C)c4)nc23)nc(N)n1)c1cccc(F)c1. The second kappa shape index (κ2) is 9.57. The number of hydrogen-bond acceptors (Lipinski definition) is 8. The molecule has 3 N–H and O–H groups in total. The van der Waals surface area contributed by atoms with Crippen LogP contribution in [-0.2, 0) is 22.9 Å². The minimum atomic E-state index is -0.695. The Bertz CT molecular complexity index is 1480. The number of aromatic nitrogens is 7. The summed E-state index contributed by atoms with van der Waals surface area (Å²) in [5.41, 5.74) is 11.5. The molecule has 4 aromatic heterocycles. The summed E-state index contributed by atoms with van der Waals surface area (Å²) in [6.45, 7) is 0.282. The van der Waals surface area contributed by atoms with E-state index in [9.17, 15) is 4.39 Å². The number of rotatable bonds is 8. The van der Waals surface area contributed by atoms with Gasteiger partial charge in [0.05, 0.1) is 30.4 Å². The summed E-state index contributed by atoms with van der Waals surface area (Å²) in [5, 5.41) is 4.20. The second-order valence-electron chi connectivity index (χ2n) is 7.90. The van der Waals surface area contributed by atoms with E-state index in [0.717, 1.165) is 11.1 Å². The molecule has 11 heteroatoms. The number of nitrogen functional groups attached to an aromatic ring is 1. The summed E-state index contributed by atoms with van der Waals surface area (Å²) in [7, 11) is 3.35. The van der Waals surface area contributed by atoms with Crippen LogP contribution in [0.25, 0.3) is 33.7 Å². The first-order valence-corrected chi connectivity index (χ1v) is 10.9. The molecular weight excluding hydrogens is 451 g/mol. The number of hydrogen-bond donors (Lipinski definition) is 2. The van der Waals surface area contributed by atoms with Crippen LogP contribution in [0.2, 0.25) is 0 Å². The number of nitrogens with one attached hydrogen (secondary N) is 1. The number of aryl methyl sites for hydroxylation is 1. The number of aromatic amines is 1. The fourth-order valence-corrected chi connectivity index (χ4v) is 3.79. The molecule has 0 aliphatic carbocycles. The predicted octanol–water partition coefficient (Wildman–Crippen LogP) is 3.44. The molecule has 0 radical (unpaired) electrons. The van der Waals surface area contributed by atoms with Crippen molar-refractivity contribution in [3.63, 3.8) is 0 Å². The Morgan fingerprint density at radius 1 is 1.14 bits per heavy atom. The summed E-state index contributed by atoms with van der Waals surface area (Å²) in [5.74, 6) is -0.216. The van der Waals surface area contributed by atoms with Crippen LogP contribution in [0.4, 0.5) is 10.3 Å². The number of anilines is 1. The van der Waals surface area contributed by atoms with Gasteiger partial charge in [0, 0.05) is 55.4 Å². The average Bonchev–Trinajstić information content (AvgIpc) is 3.47. The quantitative estimate of drug-likeness (QED) is 0.327. The lowest BCUT2D eigenvalue weighted by Gasteiger charge is -2.16. The molecule has 5 rings (SSSR count). The molecule has 4 heterocycles. The van der Waals surface area contributed by atoms with Gasteiger partial charge in [-0.05, 0) is 18.2 Å². The molecule has 1 aromatic carbocycles. The third-order valence-corrected chi connectivity index (χ3v) is 5.42. The van der Waals surface area contributed by atoms with Gasteiger partial charge in [0.2, 0.25) is 5.95 Å².